The van der Waals surface area contributed by atoms with Crippen LogP contribution >= 0.6 is 11.6 Å². The average molecular weight is 435 g/mol. The van der Waals surface area contributed by atoms with Gasteiger partial charge in [-0.15, -0.1) is 0 Å². The summed E-state index contributed by atoms with van der Waals surface area (Å²) in [5.74, 6) is 0.919. The molecule has 3 heteroatoms. The lowest BCUT2D eigenvalue weighted by molar-refractivity contribution is 0.693. The van der Waals surface area contributed by atoms with E-state index in [1.165, 1.54) is 55.2 Å². The molecule has 0 atom stereocenters. The van der Waals surface area contributed by atoms with Gasteiger partial charge in [0.1, 0.15) is 5.82 Å². The summed E-state index contributed by atoms with van der Waals surface area (Å²) in [7, 11) is 0. The summed E-state index contributed by atoms with van der Waals surface area (Å²) in [5, 5.41) is 0.820. The number of benzene rings is 2. The highest BCUT2D eigenvalue weighted by Crippen LogP contribution is 2.31. The Hall–Kier alpha value is -2.19. The minimum absolute atomic E-state index is 0.820. The predicted octanol–water partition coefficient (Wildman–Crippen LogP) is 8.05. The van der Waals surface area contributed by atoms with Crippen LogP contribution in [0.1, 0.15) is 74.9 Å². The maximum absolute atomic E-state index is 6.79. The molecule has 1 aromatic heterocycles. The first-order chi connectivity index (χ1) is 15.2. The predicted molar refractivity (Wildman–Crippen MR) is 133 cm³/mol. The van der Waals surface area contributed by atoms with Crippen LogP contribution in [0, 0.1) is 0 Å². The molecule has 0 aliphatic carbocycles. The monoisotopic (exact) mass is 434 g/mol. The van der Waals surface area contributed by atoms with Crippen LogP contribution < -0.4 is 0 Å². The van der Waals surface area contributed by atoms with Gasteiger partial charge in [-0.05, 0) is 48.8 Å². The normalized spacial score (nSPS) is 11.1. The Balaban J connectivity index is 1.61. The van der Waals surface area contributed by atoms with Gasteiger partial charge >= 0.3 is 0 Å². The van der Waals surface area contributed by atoms with E-state index < -0.39 is 0 Å². The Bertz CT molecular complexity index is 917. The number of hydrogen-bond donors (Lipinski definition) is 0. The molecule has 3 rings (SSSR count). The average Bonchev–Trinajstić information content (AvgIpc) is 2.80. The Kier molecular flexibility index (Phi) is 9.55. The summed E-state index contributed by atoms with van der Waals surface area (Å²) in [4.78, 5) is 9.11. The molecule has 0 N–H and O–H groups in total. The number of hydrogen-bond acceptors (Lipinski definition) is 2. The summed E-state index contributed by atoms with van der Waals surface area (Å²) in [6.07, 6.45) is 15.3. The zero-order valence-electron chi connectivity index (χ0n) is 19.0. The minimum atomic E-state index is 0.820. The van der Waals surface area contributed by atoms with E-state index in [2.05, 4.69) is 66.3 Å². The Labute approximate surface area is 193 Å². The molecule has 1 heterocycles. The van der Waals surface area contributed by atoms with Gasteiger partial charge in [-0.25, -0.2) is 9.97 Å². The molecule has 0 amide bonds. The van der Waals surface area contributed by atoms with Gasteiger partial charge in [0, 0.05) is 29.9 Å². The van der Waals surface area contributed by atoms with E-state index in [-0.39, 0.29) is 0 Å². The van der Waals surface area contributed by atoms with E-state index in [9.17, 15) is 0 Å². The van der Waals surface area contributed by atoms with E-state index in [1.54, 1.807) is 0 Å². The number of halogens is 1. The summed E-state index contributed by atoms with van der Waals surface area (Å²) in [6.45, 7) is 4.46. The van der Waals surface area contributed by atoms with E-state index >= 15 is 0 Å². The van der Waals surface area contributed by atoms with Crippen LogP contribution in [0.5, 0.6) is 0 Å². The first kappa shape index (κ1) is 23.5. The standard InChI is InChI=1S/C28H35ClN2/c1-3-5-7-10-22-14-16-23(17-15-22)18-19-24-11-9-12-26(28(24)29)25-20-30-27(31-21-25)13-8-6-4-2/h9,11-12,14-17,20-21H,3-8,10,13,18-19H2,1-2H3. The second-order valence-corrected chi connectivity index (χ2v) is 8.78. The summed E-state index contributed by atoms with van der Waals surface area (Å²) < 4.78 is 0. The van der Waals surface area contributed by atoms with Crippen molar-refractivity contribution in [2.24, 2.45) is 0 Å². The third kappa shape index (κ3) is 7.18. The lowest BCUT2D eigenvalue weighted by atomic mass is 9.99. The van der Waals surface area contributed by atoms with Gasteiger partial charge in [0.2, 0.25) is 0 Å². The first-order valence-electron chi connectivity index (χ1n) is 11.9. The Morgan fingerprint density at radius 3 is 1.94 bits per heavy atom. The summed E-state index contributed by atoms with van der Waals surface area (Å²) >= 11 is 6.79. The van der Waals surface area contributed by atoms with Crippen molar-refractivity contribution in [3.05, 3.63) is 82.4 Å². The molecule has 0 radical (unpaired) electrons. The molecule has 0 aliphatic rings. The van der Waals surface area contributed by atoms with Gasteiger partial charge in [-0.2, -0.15) is 0 Å². The summed E-state index contributed by atoms with van der Waals surface area (Å²) in [5.41, 5.74) is 5.99. The largest absolute Gasteiger partial charge is 0.241 e. The maximum atomic E-state index is 6.79. The molecule has 0 spiro atoms. The van der Waals surface area contributed by atoms with Crippen molar-refractivity contribution in [1.82, 2.24) is 9.97 Å². The molecule has 3 aromatic rings. The molecule has 2 aromatic carbocycles. The number of aromatic nitrogens is 2. The van der Waals surface area contributed by atoms with Crippen molar-refractivity contribution >= 4 is 11.6 Å². The van der Waals surface area contributed by atoms with Gasteiger partial charge in [0.25, 0.3) is 0 Å². The SMILES string of the molecule is CCCCCc1ccc(CCc2cccc(-c3cnc(CCCCC)nc3)c2Cl)cc1. The van der Waals surface area contributed by atoms with Crippen LogP contribution in [0.15, 0.2) is 54.9 Å². The van der Waals surface area contributed by atoms with Crippen LogP contribution in [0.25, 0.3) is 11.1 Å². The van der Waals surface area contributed by atoms with Crippen molar-refractivity contribution in [3.63, 3.8) is 0 Å². The fourth-order valence-corrected chi connectivity index (χ4v) is 4.21. The minimum Gasteiger partial charge on any atom is -0.241 e. The number of unbranched alkanes of at least 4 members (excludes halogenated alkanes) is 4. The van der Waals surface area contributed by atoms with Crippen LogP contribution in [0.4, 0.5) is 0 Å². The zero-order chi connectivity index (χ0) is 21.9. The van der Waals surface area contributed by atoms with Gasteiger partial charge in [0.05, 0.1) is 5.02 Å². The quantitative estimate of drug-likeness (QED) is 0.269. The Morgan fingerprint density at radius 1 is 0.677 bits per heavy atom. The van der Waals surface area contributed by atoms with Crippen LogP contribution in [0.2, 0.25) is 5.02 Å². The molecule has 0 unspecified atom stereocenters. The van der Waals surface area contributed by atoms with Gasteiger partial charge in [-0.3, -0.25) is 0 Å². The number of rotatable bonds is 12. The third-order valence-electron chi connectivity index (χ3n) is 5.87. The van der Waals surface area contributed by atoms with Crippen molar-refractivity contribution in [2.45, 2.75) is 78.1 Å². The molecule has 2 nitrogen and oxygen atoms in total. The fraction of sp³-hybridized carbons (Fsp3) is 0.429. The van der Waals surface area contributed by atoms with Crippen LogP contribution in [-0.4, -0.2) is 9.97 Å². The molecule has 0 saturated heterocycles. The second kappa shape index (κ2) is 12.6. The van der Waals surface area contributed by atoms with Crippen molar-refractivity contribution in [1.29, 1.82) is 0 Å². The van der Waals surface area contributed by atoms with Gasteiger partial charge in [-0.1, -0.05) is 93.6 Å². The fourth-order valence-electron chi connectivity index (χ4n) is 3.88. The van der Waals surface area contributed by atoms with Crippen molar-refractivity contribution in [2.75, 3.05) is 0 Å². The topological polar surface area (TPSA) is 25.8 Å². The smallest absolute Gasteiger partial charge is 0.128 e. The summed E-state index contributed by atoms with van der Waals surface area (Å²) in [6, 6.07) is 15.4. The molecule has 164 valence electrons. The highest BCUT2D eigenvalue weighted by atomic mass is 35.5. The molecule has 0 bridgehead atoms. The van der Waals surface area contributed by atoms with Gasteiger partial charge in [0.15, 0.2) is 0 Å². The van der Waals surface area contributed by atoms with E-state index in [0.717, 1.165) is 47.7 Å². The van der Waals surface area contributed by atoms with E-state index in [0.29, 0.717) is 0 Å². The van der Waals surface area contributed by atoms with E-state index in [1.807, 2.05) is 12.4 Å². The lowest BCUT2D eigenvalue weighted by Crippen LogP contribution is -1.97. The maximum Gasteiger partial charge on any atom is 0.128 e. The number of nitrogens with zero attached hydrogens (tertiary/aromatic N) is 2. The molecular formula is C28H35ClN2. The second-order valence-electron chi connectivity index (χ2n) is 8.40. The molecule has 0 aliphatic heterocycles. The molecule has 0 fully saturated rings. The first-order valence-corrected chi connectivity index (χ1v) is 12.3. The molecule has 31 heavy (non-hydrogen) atoms. The van der Waals surface area contributed by atoms with Gasteiger partial charge < -0.3 is 0 Å². The highest BCUT2D eigenvalue weighted by molar-refractivity contribution is 6.34. The molecular weight excluding hydrogens is 400 g/mol. The van der Waals surface area contributed by atoms with E-state index in [4.69, 9.17) is 11.6 Å². The Morgan fingerprint density at radius 2 is 1.29 bits per heavy atom. The van der Waals surface area contributed by atoms with Crippen LogP contribution in [-0.2, 0) is 25.7 Å². The lowest BCUT2D eigenvalue weighted by Gasteiger charge is -2.10. The molecule has 0 saturated carbocycles. The highest BCUT2D eigenvalue weighted by Gasteiger charge is 2.10. The van der Waals surface area contributed by atoms with Crippen LogP contribution in [0.3, 0.4) is 0 Å². The van der Waals surface area contributed by atoms with Crippen molar-refractivity contribution < 1.29 is 0 Å². The third-order valence-corrected chi connectivity index (χ3v) is 6.32. The number of aryl methyl sites for hydroxylation is 4. The van der Waals surface area contributed by atoms with Crippen molar-refractivity contribution in [3.8, 4) is 11.1 Å². The zero-order valence-corrected chi connectivity index (χ0v) is 19.8.